The molecule has 2 heterocycles. The van der Waals surface area contributed by atoms with E-state index >= 15 is 0 Å². The summed E-state index contributed by atoms with van der Waals surface area (Å²) in [6.07, 6.45) is 3.21. The molecule has 2 aromatic heterocycles. The summed E-state index contributed by atoms with van der Waals surface area (Å²) in [4.78, 5) is 27.7. The number of carbonyl (C=O) groups excluding carboxylic acids is 2. The largest absolute Gasteiger partial charge is 0.455 e. The van der Waals surface area contributed by atoms with Crippen LogP contribution in [-0.2, 0) is 14.3 Å². The number of anilines is 1. The van der Waals surface area contributed by atoms with Crippen molar-refractivity contribution in [2.24, 2.45) is 0 Å². The molecule has 10 heteroatoms. The second kappa shape index (κ2) is 8.49. The maximum Gasteiger partial charge on any atom is 0.316 e. The number of aryl methyl sites for hydroxylation is 1. The van der Waals surface area contributed by atoms with Gasteiger partial charge in [-0.1, -0.05) is 23.0 Å². The molecule has 1 aromatic carbocycles. The second-order valence-electron chi connectivity index (χ2n) is 5.38. The third-order valence-corrected chi connectivity index (χ3v) is 4.21. The maximum absolute atomic E-state index is 13.4. The maximum atomic E-state index is 13.4. The number of imidazole rings is 1. The third-order valence-electron chi connectivity index (χ3n) is 3.27. The first-order chi connectivity index (χ1) is 13.0. The molecule has 8 nitrogen and oxygen atoms in total. The minimum atomic E-state index is -0.583. The first kappa shape index (κ1) is 18.6. The van der Waals surface area contributed by atoms with E-state index in [0.29, 0.717) is 16.6 Å². The smallest absolute Gasteiger partial charge is 0.316 e. The fourth-order valence-electron chi connectivity index (χ4n) is 2.13. The summed E-state index contributed by atoms with van der Waals surface area (Å²) in [7, 11) is 0. The Kier molecular flexibility index (Phi) is 5.87. The summed E-state index contributed by atoms with van der Waals surface area (Å²) in [6, 6.07) is 7.56. The molecule has 0 radical (unpaired) electrons. The van der Waals surface area contributed by atoms with Crippen molar-refractivity contribution in [3.8, 4) is 5.69 Å². The molecule has 0 saturated heterocycles. The van der Waals surface area contributed by atoms with Crippen molar-refractivity contribution < 1.29 is 23.2 Å². The van der Waals surface area contributed by atoms with Gasteiger partial charge >= 0.3 is 5.97 Å². The van der Waals surface area contributed by atoms with Crippen LogP contribution in [0.4, 0.5) is 10.2 Å². The molecule has 0 aliphatic heterocycles. The molecule has 140 valence electrons. The lowest BCUT2D eigenvalue weighted by molar-refractivity contribution is -0.144. The number of benzene rings is 1. The number of nitrogens with one attached hydrogen (secondary N) is 1. The Morgan fingerprint density at radius 1 is 1.37 bits per heavy atom. The zero-order valence-corrected chi connectivity index (χ0v) is 15.0. The molecule has 0 fully saturated rings. The first-order valence-electron chi connectivity index (χ1n) is 7.82. The molecular formula is C17H15FN4O4S. The van der Waals surface area contributed by atoms with Crippen molar-refractivity contribution in [2.45, 2.75) is 12.1 Å². The van der Waals surface area contributed by atoms with Crippen LogP contribution in [0, 0.1) is 12.7 Å². The predicted octanol–water partition coefficient (Wildman–Crippen LogP) is 2.58. The fraction of sp³-hybridized carbons (Fsp3) is 0.176. The topological polar surface area (TPSA) is 99.2 Å². The van der Waals surface area contributed by atoms with E-state index in [2.05, 4.69) is 15.5 Å². The SMILES string of the molecule is Cc1cc(NC(=O)COC(=O)CSc2nccn2-c2cccc(F)c2)no1. The minimum Gasteiger partial charge on any atom is -0.455 e. The highest BCUT2D eigenvalue weighted by Crippen LogP contribution is 2.21. The number of nitrogens with zero attached hydrogens (tertiary/aromatic N) is 3. The number of rotatable bonds is 7. The fourth-order valence-corrected chi connectivity index (χ4v) is 2.91. The lowest BCUT2D eigenvalue weighted by Crippen LogP contribution is -2.21. The van der Waals surface area contributed by atoms with E-state index in [9.17, 15) is 14.0 Å². The van der Waals surface area contributed by atoms with Gasteiger partial charge in [-0.25, -0.2) is 9.37 Å². The minimum absolute atomic E-state index is 0.0529. The molecule has 1 amide bonds. The molecule has 0 saturated carbocycles. The van der Waals surface area contributed by atoms with Gasteiger partial charge < -0.3 is 14.6 Å². The summed E-state index contributed by atoms with van der Waals surface area (Å²) in [5.41, 5.74) is 0.589. The van der Waals surface area contributed by atoms with Gasteiger partial charge in [0.25, 0.3) is 5.91 Å². The number of hydrogen-bond acceptors (Lipinski definition) is 7. The Labute approximate surface area is 157 Å². The predicted molar refractivity (Wildman–Crippen MR) is 95.1 cm³/mol. The number of aromatic nitrogens is 3. The van der Waals surface area contributed by atoms with Gasteiger partial charge in [-0.05, 0) is 25.1 Å². The lowest BCUT2D eigenvalue weighted by Gasteiger charge is -2.08. The number of esters is 1. The van der Waals surface area contributed by atoms with Crippen LogP contribution < -0.4 is 5.32 Å². The molecular weight excluding hydrogens is 375 g/mol. The Morgan fingerprint density at radius 3 is 2.96 bits per heavy atom. The number of amides is 1. The van der Waals surface area contributed by atoms with Gasteiger partial charge in [0, 0.05) is 18.5 Å². The van der Waals surface area contributed by atoms with Gasteiger partial charge in [0.05, 0.1) is 11.4 Å². The molecule has 0 atom stereocenters. The van der Waals surface area contributed by atoms with Crippen molar-refractivity contribution >= 4 is 29.5 Å². The molecule has 3 rings (SSSR count). The van der Waals surface area contributed by atoms with Crippen LogP contribution >= 0.6 is 11.8 Å². The van der Waals surface area contributed by atoms with Crippen molar-refractivity contribution in [1.29, 1.82) is 0 Å². The zero-order valence-electron chi connectivity index (χ0n) is 14.2. The normalized spacial score (nSPS) is 10.6. The van der Waals surface area contributed by atoms with Crippen LogP contribution in [0.2, 0.25) is 0 Å². The van der Waals surface area contributed by atoms with Crippen molar-refractivity contribution in [2.75, 3.05) is 17.7 Å². The summed E-state index contributed by atoms with van der Waals surface area (Å²) in [5, 5.41) is 6.55. The number of hydrogen-bond donors (Lipinski definition) is 1. The van der Waals surface area contributed by atoms with E-state index in [1.807, 2.05) is 0 Å². The molecule has 27 heavy (non-hydrogen) atoms. The number of halogens is 1. The number of thioether (sulfide) groups is 1. The van der Waals surface area contributed by atoms with Gasteiger partial charge in [-0.3, -0.25) is 14.2 Å². The quantitative estimate of drug-likeness (QED) is 0.489. The highest BCUT2D eigenvalue weighted by Gasteiger charge is 2.13. The van der Waals surface area contributed by atoms with Crippen molar-refractivity contribution in [3.63, 3.8) is 0 Å². The molecule has 3 aromatic rings. The lowest BCUT2D eigenvalue weighted by atomic mass is 10.3. The average molecular weight is 390 g/mol. The van der Waals surface area contributed by atoms with E-state index in [4.69, 9.17) is 9.26 Å². The summed E-state index contributed by atoms with van der Waals surface area (Å²) in [6.45, 7) is 1.25. The van der Waals surface area contributed by atoms with E-state index in [1.54, 1.807) is 42.1 Å². The zero-order chi connectivity index (χ0) is 19.2. The standard InChI is InChI=1S/C17H15FN4O4S/c1-11-7-14(21-26-11)20-15(23)9-25-16(24)10-27-17-19-5-6-22(17)13-4-2-3-12(18)8-13/h2-8H,9-10H2,1H3,(H,20,21,23). The monoisotopic (exact) mass is 390 g/mol. The Hall–Kier alpha value is -3.14. The Morgan fingerprint density at radius 2 is 2.22 bits per heavy atom. The van der Waals surface area contributed by atoms with Crippen LogP contribution in [-0.4, -0.2) is 38.9 Å². The van der Waals surface area contributed by atoms with Crippen LogP contribution in [0.5, 0.6) is 0 Å². The molecule has 1 N–H and O–H groups in total. The highest BCUT2D eigenvalue weighted by atomic mass is 32.2. The van der Waals surface area contributed by atoms with Crippen molar-refractivity contribution in [3.05, 3.63) is 54.3 Å². The first-order valence-corrected chi connectivity index (χ1v) is 8.81. The summed E-state index contributed by atoms with van der Waals surface area (Å²) < 4.78 is 24.8. The highest BCUT2D eigenvalue weighted by molar-refractivity contribution is 7.99. The van der Waals surface area contributed by atoms with Crippen LogP contribution in [0.15, 0.2) is 52.4 Å². The van der Waals surface area contributed by atoms with Gasteiger partial charge in [-0.15, -0.1) is 0 Å². The average Bonchev–Trinajstić information content (AvgIpc) is 3.27. The van der Waals surface area contributed by atoms with Gasteiger partial charge in [0.1, 0.15) is 11.6 Å². The molecule has 0 aliphatic rings. The van der Waals surface area contributed by atoms with Gasteiger partial charge in [0.2, 0.25) is 0 Å². The number of ether oxygens (including phenoxy) is 1. The van der Waals surface area contributed by atoms with Crippen molar-refractivity contribution in [1.82, 2.24) is 14.7 Å². The van der Waals surface area contributed by atoms with E-state index in [-0.39, 0.29) is 17.4 Å². The van der Waals surface area contributed by atoms with Crippen LogP contribution in [0.25, 0.3) is 5.69 Å². The molecule has 0 unspecified atom stereocenters. The van der Waals surface area contributed by atoms with E-state index in [0.717, 1.165) is 11.8 Å². The van der Waals surface area contributed by atoms with Gasteiger partial charge in [-0.2, -0.15) is 0 Å². The summed E-state index contributed by atoms with van der Waals surface area (Å²) >= 11 is 1.12. The van der Waals surface area contributed by atoms with Crippen LogP contribution in [0.3, 0.4) is 0 Å². The number of carbonyl (C=O) groups is 2. The summed E-state index contributed by atoms with van der Waals surface area (Å²) in [5.74, 6) is -0.733. The molecule has 0 bridgehead atoms. The van der Waals surface area contributed by atoms with Crippen LogP contribution in [0.1, 0.15) is 5.76 Å². The Bertz CT molecular complexity index is 956. The Balaban J connectivity index is 1.48. The third kappa shape index (κ3) is 5.17. The second-order valence-corrected chi connectivity index (χ2v) is 6.32. The molecule has 0 aliphatic carbocycles. The van der Waals surface area contributed by atoms with Gasteiger partial charge in [0.15, 0.2) is 17.6 Å². The van der Waals surface area contributed by atoms with E-state index in [1.165, 1.54) is 12.1 Å². The molecule has 0 spiro atoms. The van der Waals surface area contributed by atoms with E-state index < -0.39 is 18.5 Å².